The summed E-state index contributed by atoms with van der Waals surface area (Å²) in [4.78, 5) is 45.2. The molecule has 2 heterocycles. The largest absolute Gasteiger partial charge is 0.345 e. The zero-order chi connectivity index (χ0) is 20.1. The molecule has 2 aromatic heterocycles. The van der Waals surface area contributed by atoms with E-state index >= 15 is 0 Å². The molecule has 2 aliphatic carbocycles. The average Bonchev–Trinajstić information content (AvgIpc) is 3.56. The number of rotatable bonds is 7. The van der Waals surface area contributed by atoms with Crippen LogP contribution in [-0.2, 0) is 6.54 Å². The Morgan fingerprint density at radius 3 is 2.59 bits per heavy atom. The fraction of sp³-hybridized carbons (Fsp3) is 0.600. The molecule has 0 bridgehead atoms. The molecule has 8 nitrogen and oxygen atoms in total. The summed E-state index contributed by atoms with van der Waals surface area (Å²) in [7, 11) is 0. The number of fused-ring (bicyclic) bond motifs is 1. The summed E-state index contributed by atoms with van der Waals surface area (Å²) in [5.74, 6) is 0.306. The Labute approximate surface area is 174 Å². The van der Waals surface area contributed by atoms with Gasteiger partial charge in [-0.1, -0.05) is 6.92 Å². The Morgan fingerprint density at radius 2 is 2.03 bits per heavy atom. The normalized spacial score (nSPS) is 18.2. The Morgan fingerprint density at radius 1 is 1.34 bits per heavy atom. The number of hydrogen-bond donors (Lipinski definition) is 3. The highest BCUT2D eigenvalue weighted by molar-refractivity contribution is 6.05. The third-order valence-corrected chi connectivity index (χ3v) is 5.96. The first-order valence-corrected chi connectivity index (χ1v) is 10.1. The number of carbonyl (C=O) groups is 1. The van der Waals surface area contributed by atoms with Gasteiger partial charge in [0.1, 0.15) is 0 Å². The lowest BCUT2D eigenvalue weighted by molar-refractivity contribution is 0.0899. The molecule has 0 saturated heterocycles. The lowest BCUT2D eigenvalue weighted by atomic mass is 9.95. The highest BCUT2D eigenvalue weighted by Crippen LogP contribution is 2.41. The van der Waals surface area contributed by atoms with Crippen molar-refractivity contribution in [3.63, 3.8) is 0 Å². The van der Waals surface area contributed by atoms with E-state index in [1.807, 2.05) is 13.8 Å². The van der Waals surface area contributed by atoms with Crippen molar-refractivity contribution in [1.29, 1.82) is 0 Å². The van der Waals surface area contributed by atoms with Gasteiger partial charge in [0.15, 0.2) is 5.65 Å². The lowest BCUT2D eigenvalue weighted by Crippen LogP contribution is -2.53. The Bertz CT molecular complexity index is 1050. The SMILES string of the molecule is CCCn1c(=O)[nH]c(=O)c2c(C(=O)NC(C)(CN)C3CC3)cc(C3CC3)nc21.Cl. The average molecular weight is 422 g/mol. The zero-order valence-electron chi connectivity index (χ0n) is 16.8. The van der Waals surface area contributed by atoms with Crippen LogP contribution in [0.1, 0.15) is 67.9 Å². The maximum Gasteiger partial charge on any atom is 0.329 e. The molecule has 1 amide bonds. The van der Waals surface area contributed by atoms with E-state index in [1.165, 1.54) is 4.57 Å². The van der Waals surface area contributed by atoms with Gasteiger partial charge >= 0.3 is 5.69 Å². The number of amides is 1. The minimum atomic E-state index is -0.576. The van der Waals surface area contributed by atoms with Crippen LogP contribution in [0.3, 0.4) is 0 Å². The predicted octanol–water partition coefficient (Wildman–Crippen LogP) is 1.65. The molecule has 4 N–H and O–H groups in total. The van der Waals surface area contributed by atoms with E-state index in [-0.39, 0.29) is 35.2 Å². The maximum atomic E-state index is 13.2. The number of aromatic nitrogens is 3. The van der Waals surface area contributed by atoms with E-state index in [0.717, 1.165) is 31.4 Å². The van der Waals surface area contributed by atoms with Crippen LogP contribution in [-0.4, -0.2) is 32.5 Å². The molecule has 4 rings (SSSR count). The molecule has 2 saturated carbocycles. The second-order valence-electron chi connectivity index (χ2n) is 8.33. The molecule has 29 heavy (non-hydrogen) atoms. The summed E-state index contributed by atoms with van der Waals surface area (Å²) in [5, 5.41) is 3.23. The van der Waals surface area contributed by atoms with Gasteiger partial charge in [-0.2, -0.15) is 0 Å². The second-order valence-corrected chi connectivity index (χ2v) is 8.33. The van der Waals surface area contributed by atoms with Gasteiger partial charge in [0.2, 0.25) is 0 Å². The number of aryl methyl sites for hydroxylation is 1. The standard InChI is InChI=1S/C20H27N5O3.ClH/c1-3-8-25-16-15(18(27)23-19(25)28)13(9-14(22-16)11-4-5-11)17(26)24-20(2,10-21)12-6-7-12;/h9,11-12H,3-8,10,21H2,1-2H3,(H,24,26)(H,23,27,28);1H. The summed E-state index contributed by atoms with van der Waals surface area (Å²) in [6.07, 6.45) is 4.79. The van der Waals surface area contributed by atoms with Gasteiger partial charge in [0.25, 0.3) is 11.5 Å². The molecule has 0 spiro atoms. The minimum Gasteiger partial charge on any atom is -0.345 e. The molecule has 1 unspecified atom stereocenters. The molecule has 0 aromatic carbocycles. The van der Waals surface area contributed by atoms with Gasteiger partial charge in [-0.25, -0.2) is 9.78 Å². The van der Waals surface area contributed by atoms with E-state index < -0.39 is 16.8 Å². The number of nitrogens with zero attached hydrogens (tertiary/aromatic N) is 2. The van der Waals surface area contributed by atoms with Crippen LogP contribution in [0, 0.1) is 5.92 Å². The number of nitrogens with one attached hydrogen (secondary N) is 2. The van der Waals surface area contributed by atoms with Crippen molar-refractivity contribution >= 4 is 29.3 Å². The maximum absolute atomic E-state index is 13.2. The molecule has 0 aliphatic heterocycles. The monoisotopic (exact) mass is 421 g/mol. The predicted molar refractivity (Wildman–Crippen MR) is 114 cm³/mol. The summed E-state index contributed by atoms with van der Waals surface area (Å²) >= 11 is 0. The first kappa shape index (κ1) is 21.5. The summed E-state index contributed by atoms with van der Waals surface area (Å²) in [6.45, 7) is 4.66. The molecule has 2 aromatic rings. The van der Waals surface area contributed by atoms with Crippen molar-refractivity contribution in [1.82, 2.24) is 19.9 Å². The van der Waals surface area contributed by atoms with Crippen molar-refractivity contribution in [2.75, 3.05) is 6.54 Å². The molecule has 2 aliphatic rings. The van der Waals surface area contributed by atoms with E-state index in [9.17, 15) is 14.4 Å². The first-order valence-electron chi connectivity index (χ1n) is 10.1. The molecule has 9 heteroatoms. The van der Waals surface area contributed by atoms with Gasteiger partial charge in [-0.05, 0) is 51.0 Å². The van der Waals surface area contributed by atoms with Crippen LogP contribution in [0.2, 0.25) is 0 Å². The number of aromatic amines is 1. The first-order chi connectivity index (χ1) is 13.4. The lowest BCUT2D eigenvalue weighted by Gasteiger charge is -2.29. The van der Waals surface area contributed by atoms with Gasteiger partial charge in [-0.3, -0.25) is 19.1 Å². The number of hydrogen-bond acceptors (Lipinski definition) is 5. The zero-order valence-corrected chi connectivity index (χ0v) is 17.6. The van der Waals surface area contributed by atoms with Gasteiger partial charge in [0, 0.05) is 24.7 Å². The highest BCUT2D eigenvalue weighted by Gasteiger charge is 2.42. The van der Waals surface area contributed by atoms with Crippen LogP contribution >= 0.6 is 12.4 Å². The molecular formula is C20H28ClN5O3. The van der Waals surface area contributed by atoms with E-state index in [0.29, 0.717) is 31.1 Å². The van der Waals surface area contributed by atoms with Crippen molar-refractivity contribution in [3.8, 4) is 0 Å². The number of halogens is 1. The van der Waals surface area contributed by atoms with Gasteiger partial charge < -0.3 is 11.1 Å². The van der Waals surface area contributed by atoms with Crippen LogP contribution in [0.4, 0.5) is 0 Å². The number of H-pyrrole nitrogens is 1. The second kappa shape index (κ2) is 7.91. The summed E-state index contributed by atoms with van der Waals surface area (Å²) < 4.78 is 1.46. The third-order valence-electron chi connectivity index (χ3n) is 5.96. The molecule has 0 radical (unpaired) electrons. The van der Waals surface area contributed by atoms with Crippen molar-refractivity contribution in [2.45, 2.75) is 64.0 Å². The van der Waals surface area contributed by atoms with E-state index in [4.69, 9.17) is 5.73 Å². The van der Waals surface area contributed by atoms with Crippen molar-refractivity contribution in [2.24, 2.45) is 11.7 Å². The van der Waals surface area contributed by atoms with E-state index in [1.54, 1.807) is 6.07 Å². The summed E-state index contributed by atoms with van der Waals surface area (Å²) in [5.41, 5.74) is 5.72. The number of pyridine rings is 1. The minimum absolute atomic E-state index is 0. The third kappa shape index (κ3) is 3.96. The molecule has 158 valence electrons. The van der Waals surface area contributed by atoms with Crippen LogP contribution in [0.5, 0.6) is 0 Å². The van der Waals surface area contributed by atoms with Crippen LogP contribution in [0.15, 0.2) is 15.7 Å². The molecular weight excluding hydrogens is 394 g/mol. The van der Waals surface area contributed by atoms with E-state index in [2.05, 4.69) is 15.3 Å². The molecule has 1 atom stereocenters. The number of carbonyl (C=O) groups excluding carboxylic acids is 1. The van der Waals surface area contributed by atoms with Crippen LogP contribution in [0.25, 0.3) is 11.0 Å². The fourth-order valence-corrected chi connectivity index (χ4v) is 3.86. The topological polar surface area (TPSA) is 123 Å². The highest BCUT2D eigenvalue weighted by atomic mass is 35.5. The molecule has 2 fully saturated rings. The summed E-state index contributed by atoms with van der Waals surface area (Å²) in [6, 6.07) is 1.72. The fourth-order valence-electron chi connectivity index (χ4n) is 3.86. The Hall–Kier alpha value is -2.19. The van der Waals surface area contributed by atoms with Gasteiger partial charge in [-0.15, -0.1) is 12.4 Å². The Kier molecular flexibility index (Phi) is 5.87. The number of nitrogens with two attached hydrogens (primary N) is 1. The van der Waals surface area contributed by atoms with Crippen LogP contribution < -0.4 is 22.3 Å². The Balaban J connectivity index is 0.00000240. The smallest absolute Gasteiger partial charge is 0.329 e. The van der Waals surface area contributed by atoms with Crippen molar-refractivity contribution in [3.05, 3.63) is 38.2 Å². The van der Waals surface area contributed by atoms with Crippen molar-refractivity contribution < 1.29 is 4.79 Å². The quantitative estimate of drug-likeness (QED) is 0.627. The van der Waals surface area contributed by atoms with Gasteiger partial charge in [0.05, 0.1) is 16.5 Å².